The maximum absolute atomic E-state index is 15.4. The van der Waals surface area contributed by atoms with Crippen molar-refractivity contribution in [3.63, 3.8) is 0 Å². The summed E-state index contributed by atoms with van der Waals surface area (Å²) < 4.78 is 58.0. The second kappa shape index (κ2) is 11.6. The lowest BCUT2D eigenvalue weighted by molar-refractivity contribution is -0.0589. The first kappa shape index (κ1) is 27.9. The van der Waals surface area contributed by atoms with Gasteiger partial charge in [0.05, 0.1) is 41.5 Å². The van der Waals surface area contributed by atoms with Gasteiger partial charge in [-0.1, -0.05) is 18.2 Å². The third kappa shape index (κ3) is 5.78. The second-order valence-corrected chi connectivity index (χ2v) is 10.1. The van der Waals surface area contributed by atoms with Crippen LogP contribution in [0.15, 0.2) is 66.7 Å². The van der Waals surface area contributed by atoms with Crippen molar-refractivity contribution < 1.29 is 32.5 Å². The van der Waals surface area contributed by atoms with Gasteiger partial charge in [-0.15, -0.1) is 0 Å². The first-order chi connectivity index (χ1) is 20.8. The van der Waals surface area contributed by atoms with Gasteiger partial charge in [-0.3, -0.25) is 0 Å². The first-order valence-corrected chi connectivity index (χ1v) is 13.4. The fourth-order valence-corrected chi connectivity index (χ4v) is 4.89. The summed E-state index contributed by atoms with van der Waals surface area (Å²) in [6.07, 6.45) is 0.708. The highest BCUT2D eigenvalue weighted by Crippen LogP contribution is 2.29. The summed E-state index contributed by atoms with van der Waals surface area (Å²) in [6.45, 7) is 7.83. The number of benzene rings is 3. The van der Waals surface area contributed by atoms with Crippen molar-refractivity contribution >= 4 is 22.7 Å². The molecule has 0 radical (unpaired) electrons. The number of imidazole rings is 1. The molecular formula is C32H23F3N4O4. The molecule has 1 N–H and O–H groups in total. The molecule has 0 aliphatic carbocycles. The molecule has 11 heteroatoms. The van der Waals surface area contributed by atoms with Gasteiger partial charge in [-0.25, -0.2) is 32.8 Å². The van der Waals surface area contributed by atoms with Crippen LogP contribution >= 0.6 is 0 Å². The zero-order valence-corrected chi connectivity index (χ0v) is 22.6. The number of hydrogen-bond acceptors (Lipinski definition) is 5. The highest BCUT2D eigenvalue weighted by atomic mass is 19.1. The summed E-state index contributed by atoms with van der Waals surface area (Å²) in [5, 5.41) is 9.45. The van der Waals surface area contributed by atoms with E-state index in [0.717, 1.165) is 24.6 Å². The van der Waals surface area contributed by atoms with Crippen molar-refractivity contribution in [2.24, 2.45) is 0 Å². The molecule has 0 bridgehead atoms. The lowest BCUT2D eigenvalue weighted by atomic mass is 10.0. The van der Waals surface area contributed by atoms with Crippen molar-refractivity contribution in [1.82, 2.24) is 14.5 Å². The maximum Gasteiger partial charge on any atom is 0.335 e. The first-order valence-electron chi connectivity index (χ1n) is 13.4. The Labute approximate surface area is 243 Å². The Morgan fingerprint density at radius 2 is 1.84 bits per heavy atom. The zero-order chi connectivity index (χ0) is 30.1. The number of aromatic carboxylic acids is 1. The predicted octanol–water partition coefficient (Wildman–Crippen LogP) is 6.72. The summed E-state index contributed by atoms with van der Waals surface area (Å²) in [5.74, 6) is -2.52. The molecule has 0 saturated carbocycles. The van der Waals surface area contributed by atoms with Gasteiger partial charge < -0.3 is 19.1 Å². The zero-order valence-electron chi connectivity index (χ0n) is 22.6. The molecule has 0 unspecified atom stereocenters. The molecule has 1 fully saturated rings. The van der Waals surface area contributed by atoms with Gasteiger partial charge in [0.25, 0.3) is 0 Å². The van der Waals surface area contributed by atoms with Gasteiger partial charge in [-0.2, -0.15) is 0 Å². The average Bonchev–Trinajstić information content (AvgIpc) is 3.31. The predicted molar refractivity (Wildman–Crippen MR) is 150 cm³/mol. The van der Waals surface area contributed by atoms with Crippen LogP contribution in [0.25, 0.3) is 27.1 Å². The number of fused-ring (bicyclic) bond motifs is 1. The summed E-state index contributed by atoms with van der Waals surface area (Å²) in [5.41, 5.74) is 1.71. The Hall–Kier alpha value is -5.21. The van der Waals surface area contributed by atoms with E-state index in [4.69, 9.17) is 16.0 Å². The van der Waals surface area contributed by atoms with Crippen molar-refractivity contribution in [2.45, 2.75) is 32.1 Å². The molecule has 6 rings (SSSR count). The normalized spacial score (nSPS) is 14.3. The fourth-order valence-electron chi connectivity index (χ4n) is 4.89. The molecule has 216 valence electrons. The molecule has 5 aromatic rings. The van der Waals surface area contributed by atoms with E-state index in [1.807, 2.05) is 0 Å². The van der Waals surface area contributed by atoms with Gasteiger partial charge in [0.2, 0.25) is 5.88 Å². The average molecular weight is 585 g/mol. The van der Waals surface area contributed by atoms with Gasteiger partial charge >= 0.3 is 5.97 Å². The van der Waals surface area contributed by atoms with Crippen LogP contribution in [0.4, 0.5) is 18.9 Å². The number of carboxylic acids is 1. The number of rotatable bonds is 9. The van der Waals surface area contributed by atoms with E-state index in [0.29, 0.717) is 30.0 Å². The van der Waals surface area contributed by atoms with Crippen LogP contribution in [0.5, 0.6) is 5.88 Å². The lowest BCUT2D eigenvalue weighted by Gasteiger charge is -2.27. The third-order valence-corrected chi connectivity index (χ3v) is 7.28. The third-order valence-electron chi connectivity index (χ3n) is 7.28. The van der Waals surface area contributed by atoms with E-state index in [1.165, 1.54) is 36.4 Å². The highest BCUT2D eigenvalue weighted by Gasteiger charge is 2.24. The van der Waals surface area contributed by atoms with Crippen LogP contribution < -0.4 is 4.74 Å². The summed E-state index contributed by atoms with van der Waals surface area (Å²) in [4.78, 5) is 23.6. The molecular weight excluding hydrogens is 561 g/mol. The fraction of sp³-hybridized carbons (Fsp3) is 0.188. The molecule has 1 atom stereocenters. The monoisotopic (exact) mass is 584 g/mol. The van der Waals surface area contributed by atoms with Gasteiger partial charge in [-0.05, 0) is 54.4 Å². The Morgan fingerprint density at radius 1 is 1.02 bits per heavy atom. The largest absolute Gasteiger partial charge is 0.478 e. The number of pyridine rings is 1. The molecule has 8 nitrogen and oxygen atoms in total. The SMILES string of the molecule is [C-]#[N+]c1ccc(COc2cccc(-c3cc(F)c(Cc4nc5ccc(C(=O)O)cc5n4C[C@@H]4CCO4)cc3F)n2)c(F)c1. The van der Waals surface area contributed by atoms with Crippen LogP contribution in [-0.4, -0.2) is 38.3 Å². The quantitative estimate of drug-likeness (QED) is 0.194. The summed E-state index contributed by atoms with van der Waals surface area (Å²) >= 11 is 0. The van der Waals surface area contributed by atoms with E-state index in [2.05, 4.69) is 14.8 Å². The van der Waals surface area contributed by atoms with Crippen molar-refractivity contribution in [3.8, 4) is 17.1 Å². The minimum Gasteiger partial charge on any atom is -0.478 e. The number of nitrogens with zero attached hydrogens (tertiary/aromatic N) is 4. The Bertz CT molecular complexity index is 1910. The van der Waals surface area contributed by atoms with E-state index in [1.54, 1.807) is 16.7 Å². The van der Waals surface area contributed by atoms with Crippen LogP contribution in [0.3, 0.4) is 0 Å². The second-order valence-electron chi connectivity index (χ2n) is 10.1. The summed E-state index contributed by atoms with van der Waals surface area (Å²) in [6, 6.07) is 15.3. The molecule has 0 amide bonds. The molecule has 3 heterocycles. The molecule has 3 aromatic carbocycles. The van der Waals surface area contributed by atoms with Crippen molar-refractivity contribution in [1.29, 1.82) is 0 Å². The standard InChI is InChI=1S/C32H23F3N4O4/c1-36-21-7-5-19(24(33)14-21)17-43-31-4-2-3-27(38-31)23-15-25(34)20(11-26(23)35)13-30-37-28-8-6-18(32(40)41)12-29(28)39(30)16-22-9-10-42-22/h2-8,11-12,14-15,22H,9-10,13,16-17H2,(H,40,41)/t22-/m0/s1. The van der Waals surface area contributed by atoms with Gasteiger partial charge in [0, 0.05) is 30.2 Å². The molecule has 2 aromatic heterocycles. The maximum atomic E-state index is 15.4. The lowest BCUT2D eigenvalue weighted by Crippen LogP contribution is -2.31. The summed E-state index contributed by atoms with van der Waals surface area (Å²) in [7, 11) is 0. The van der Waals surface area contributed by atoms with Crippen molar-refractivity contribution in [2.75, 3.05) is 6.61 Å². The number of ether oxygens (including phenoxy) is 2. The van der Waals surface area contributed by atoms with Crippen LogP contribution in [0.1, 0.15) is 33.7 Å². The number of carboxylic acid groups (broad SMARTS) is 1. The van der Waals surface area contributed by atoms with E-state index >= 15 is 8.78 Å². The van der Waals surface area contributed by atoms with Crippen molar-refractivity contribution in [3.05, 3.63) is 118 Å². The van der Waals surface area contributed by atoms with E-state index < -0.39 is 23.4 Å². The number of halogens is 3. The van der Waals surface area contributed by atoms with Crippen LogP contribution in [0, 0.1) is 24.0 Å². The minimum atomic E-state index is -1.08. The molecule has 1 aliphatic heterocycles. The smallest absolute Gasteiger partial charge is 0.335 e. The molecule has 43 heavy (non-hydrogen) atoms. The molecule has 1 saturated heterocycles. The van der Waals surface area contributed by atoms with Gasteiger partial charge in [0.1, 0.15) is 29.9 Å². The number of hydrogen-bond donors (Lipinski definition) is 1. The molecule has 0 spiro atoms. The number of carbonyl (C=O) groups is 1. The Kier molecular flexibility index (Phi) is 7.52. The topological polar surface area (TPSA) is 90.8 Å². The molecule has 1 aliphatic rings. The van der Waals surface area contributed by atoms with E-state index in [9.17, 15) is 14.3 Å². The Morgan fingerprint density at radius 3 is 2.56 bits per heavy atom. The van der Waals surface area contributed by atoms with E-state index in [-0.39, 0.29) is 58.6 Å². The number of aromatic nitrogens is 3. The highest BCUT2D eigenvalue weighted by molar-refractivity contribution is 5.92. The van der Waals surface area contributed by atoms with Crippen LogP contribution in [-0.2, 0) is 24.3 Å². The van der Waals surface area contributed by atoms with Gasteiger partial charge in [0.15, 0.2) is 5.69 Å². The minimum absolute atomic E-state index is 0.0404. The van der Waals surface area contributed by atoms with Crippen LogP contribution in [0.2, 0.25) is 0 Å². The Balaban J connectivity index is 1.26.